The molecule has 0 bridgehead atoms. The molecule has 2 aromatic rings. The molecule has 1 saturated carbocycles. The van der Waals surface area contributed by atoms with Gasteiger partial charge >= 0.3 is 5.97 Å². The molecule has 3 nitrogen and oxygen atoms in total. The van der Waals surface area contributed by atoms with Crippen LogP contribution in [-0.4, -0.2) is 37.1 Å². The lowest BCUT2D eigenvalue weighted by Crippen LogP contribution is -2.39. The normalized spacial score (nSPS) is 19.9. The lowest BCUT2D eigenvalue weighted by molar-refractivity contribution is -0.151. The second-order valence-corrected chi connectivity index (χ2v) is 9.70. The van der Waals surface area contributed by atoms with E-state index in [1.807, 2.05) is 0 Å². The first-order chi connectivity index (χ1) is 14.2. The molecule has 0 aromatic heterocycles. The molecule has 1 aliphatic heterocycles. The smallest absolute Gasteiger partial charge is 0.316 e. The van der Waals surface area contributed by atoms with Crippen LogP contribution in [0.25, 0.3) is 0 Å². The minimum atomic E-state index is -0.426. The Hall–Kier alpha value is -1.40. The Morgan fingerprint density at radius 3 is 2.31 bits per heavy atom. The van der Waals surface area contributed by atoms with Crippen LogP contribution in [-0.2, 0) is 14.9 Å². The average molecular weight is 503 g/mol. The largest absolute Gasteiger partial charge is 0.464 e. The fraction of sp³-hybridized carbons (Fsp3) is 0.480. The zero-order valence-corrected chi connectivity index (χ0v) is 19.1. The summed E-state index contributed by atoms with van der Waals surface area (Å²) >= 11 is 2.31. The minimum absolute atomic E-state index is 0.0182. The maximum Gasteiger partial charge on any atom is 0.316 e. The molecule has 1 saturated heterocycles. The van der Waals surface area contributed by atoms with Crippen LogP contribution in [0.4, 0.5) is 0 Å². The van der Waals surface area contributed by atoms with Gasteiger partial charge in [0.05, 0.1) is 5.41 Å². The number of halogens is 1. The maximum absolute atomic E-state index is 13.1. The Labute approximate surface area is 188 Å². The molecule has 4 rings (SSSR count). The molecule has 2 aromatic carbocycles. The summed E-state index contributed by atoms with van der Waals surface area (Å²) in [5.74, 6) is 0.646. The first-order valence-electron chi connectivity index (χ1n) is 10.9. The van der Waals surface area contributed by atoms with Crippen molar-refractivity contribution in [3.05, 3.63) is 69.3 Å². The van der Waals surface area contributed by atoms with Crippen molar-refractivity contribution < 1.29 is 9.53 Å². The van der Waals surface area contributed by atoms with E-state index >= 15 is 0 Å². The van der Waals surface area contributed by atoms with Gasteiger partial charge in [-0.05, 0) is 90.5 Å². The SMILES string of the molecule is O=C(OCCN1CCC(c2ccccc2)CC1)C1(c2ccc(I)cc2)CCCC1. The van der Waals surface area contributed by atoms with E-state index in [0.717, 1.165) is 50.9 Å². The van der Waals surface area contributed by atoms with E-state index in [1.54, 1.807) is 0 Å². The van der Waals surface area contributed by atoms with E-state index in [1.165, 1.54) is 22.0 Å². The first kappa shape index (κ1) is 20.9. The van der Waals surface area contributed by atoms with Crippen LogP contribution in [0.2, 0.25) is 0 Å². The molecule has 2 aliphatic rings. The number of ether oxygens (including phenoxy) is 1. The highest BCUT2D eigenvalue weighted by molar-refractivity contribution is 14.1. The molecule has 0 spiro atoms. The number of rotatable bonds is 6. The molecule has 0 amide bonds. The zero-order chi connectivity index (χ0) is 20.1. The molecule has 1 heterocycles. The van der Waals surface area contributed by atoms with Crippen LogP contribution in [0.1, 0.15) is 55.6 Å². The number of likely N-dealkylation sites (tertiary alicyclic amines) is 1. The molecule has 0 unspecified atom stereocenters. The van der Waals surface area contributed by atoms with Gasteiger partial charge in [0.25, 0.3) is 0 Å². The third kappa shape index (κ3) is 4.85. The highest BCUT2D eigenvalue weighted by Crippen LogP contribution is 2.42. The third-order valence-corrected chi connectivity index (χ3v) is 7.46. The van der Waals surface area contributed by atoms with Crippen LogP contribution < -0.4 is 0 Å². The molecule has 4 heteroatoms. The van der Waals surface area contributed by atoms with E-state index in [0.29, 0.717) is 12.5 Å². The van der Waals surface area contributed by atoms with Gasteiger partial charge in [-0.25, -0.2) is 0 Å². The highest BCUT2D eigenvalue weighted by Gasteiger charge is 2.44. The van der Waals surface area contributed by atoms with Gasteiger partial charge in [0.1, 0.15) is 6.61 Å². The molecule has 154 valence electrons. The van der Waals surface area contributed by atoms with Crippen molar-refractivity contribution in [3.8, 4) is 0 Å². The van der Waals surface area contributed by atoms with Crippen molar-refractivity contribution in [2.75, 3.05) is 26.2 Å². The van der Waals surface area contributed by atoms with Crippen molar-refractivity contribution >= 4 is 28.6 Å². The number of nitrogens with zero attached hydrogens (tertiary/aromatic N) is 1. The summed E-state index contributed by atoms with van der Waals surface area (Å²) in [5.41, 5.74) is 2.16. The predicted octanol–water partition coefficient (Wildman–Crippen LogP) is 5.53. The lowest BCUT2D eigenvalue weighted by atomic mass is 9.79. The number of esters is 1. The number of piperidine rings is 1. The molecule has 1 aliphatic carbocycles. The fourth-order valence-corrected chi connectivity index (χ4v) is 5.34. The van der Waals surface area contributed by atoms with Gasteiger partial charge in [0.2, 0.25) is 0 Å². The number of benzene rings is 2. The molecular weight excluding hydrogens is 473 g/mol. The van der Waals surface area contributed by atoms with Gasteiger partial charge in [0, 0.05) is 10.1 Å². The Morgan fingerprint density at radius 2 is 1.66 bits per heavy atom. The van der Waals surface area contributed by atoms with E-state index < -0.39 is 5.41 Å². The zero-order valence-electron chi connectivity index (χ0n) is 17.0. The van der Waals surface area contributed by atoms with Crippen LogP contribution in [0.3, 0.4) is 0 Å². The van der Waals surface area contributed by atoms with E-state index in [4.69, 9.17) is 4.74 Å². The minimum Gasteiger partial charge on any atom is -0.464 e. The van der Waals surface area contributed by atoms with Crippen LogP contribution in [0, 0.1) is 3.57 Å². The monoisotopic (exact) mass is 503 g/mol. The van der Waals surface area contributed by atoms with Gasteiger partial charge in [0.15, 0.2) is 0 Å². The van der Waals surface area contributed by atoms with Crippen molar-refractivity contribution in [2.45, 2.75) is 49.9 Å². The van der Waals surface area contributed by atoms with Crippen LogP contribution in [0.5, 0.6) is 0 Å². The summed E-state index contributed by atoms with van der Waals surface area (Å²) in [6.07, 6.45) is 6.40. The number of hydrogen-bond acceptors (Lipinski definition) is 3. The number of hydrogen-bond donors (Lipinski definition) is 0. The van der Waals surface area contributed by atoms with E-state index in [9.17, 15) is 4.79 Å². The van der Waals surface area contributed by atoms with Gasteiger partial charge in [-0.15, -0.1) is 0 Å². The Bertz CT molecular complexity index is 791. The highest BCUT2D eigenvalue weighted by atomic mass is 127. The van der Waals surface area contributed by atoms with E-state index in [2.05, 4.69) is 82.1 Å². The molecular formula is C25H30INO2. The van der Waals surface area contributed by atoms with Crippen molar-refractivity contribution in [3.63, 3.8) is 0 Å². The fourth-order valence-electron chi connectivity index (χ4n) is 4.98. The van der Waals surface area contributed by atoms with Gasteiger partial charge in [-0.2, -0.15) is 0 Å². The van der Waals surface area contributed by atoms with E-state index in [-0.39, 0.29) is 5.97 Å². The topological polar surface area (TPSA) is 29.5 Å². The quantitative estimate of drug-likeness (QED) is 0.384. The second kappa shape index (κ2) is 9.61. The van der Waals surface area contributed by atoms with Crippen molar-refractivity contribution in [1.82, 2.24) is 4.90 Å². The average Bonchev–Trinajstić information content (AvgIpc) is 3.26. The van der Waals surface area contributed by atoms with Crippen molar-refractivity contribution in [2.24, 2.45) is 0 Å². The van der Waals surface area contributed by atoms with Gasteiger partial charge < -0.3 is 4.74 Å². The first-order valence-corrected chi connectivity index (χ1v) is 12.0. The summed E-state index contributed by atoms with van der Waals surface area (Å²) < 4.78 is 7.05. The summed E-state index contributed by atoms with van der Waals surface area (Å²) in [4.78, 5) is 15.5. The van der Waals surface area contributed by atoms with Crippen LogP contribution in [0.15, 0.2) is 54.6 Å². The molecule has 0 radical (unpaired) electrons. The number of carbonyl (C=O) groups excluding carboxylic acids is 1. The molecule has 29 heavy (non-hydrogen) atoms. The maximum atomic E-state index is 13.1. The Morgan fingerprint density at radius 1 is 1.00 bits per heavy atom. The molecule has 0 atom stereocenters. The predicted molar refractivity (Wildman–Crippen MR) is 125 cm³/mol. The summed E-state index contributed by atoms with van der Waals surface area (Å²) in [6.45, 7) is 3.51. The van der Waals surface area contributed by atoms with Gasteiger partial charge in [-0.1, -0.05) is 55.3 Å². The summed E-state index contributed by atoms with van der Waals surface area (Å²) in [5, 5.41) is 0. The lowest BCUT2D eigenvalue weighted by Gasteiger charge is -2.32. The van der Waals surface area contributed by atoms with Crippen molar-refractivity contribution in [1.29, 1.82) is 0 Å². The number of carbonyl (C=O) groups is 1. The second-order valence-electron chi connectivity index (χ2n) is 8.46. The van der Waals surface area contributed by atoms with Crippen LogP contribution >= 0.6 is 22.6 Å². The molecule has 2 fully saturated rings. The Balaban J connectivity index is 1.28. The molecule has 0 N–H and O–H groups in total. The summed E-state index contributed by atoms with van der Waals surface area (Å²) in [7, 11) is 0. The van der Waals surface area contributed by atoms with Gasteiger partial charge in [-0.3, -0.25) is 9.69 Å². The Kier molecular flexibility index (Phi) is 6.91. The third-order valence-electron chi connectivity index (χ3n) is 6.74. The standard InChI is InChI=1S/C25H30INO2/c26-23-10-8-22(9-11-23)25(14-4-5-15-25)24(28)29-19-18-27-16-12-21(13-17-27)20-6-2-1-3-7-20/h1-3,6-11,21H,4-5,12-19H2. The summed E-state index contributed by atoms with van der Waals surface area (Å²) in [6, 6.07) is 19.3.